The largest absolute Gasteiger partial charge is 0.497 e. The fraction of sp³-hybridized carbons (Fsp3) is 0.263. The third kappa shape index (κ3) is 4.11. The highest BCUT2D eigenvalue weighted by Crippen LogP contribution is 2.36. The smallest absolute Gasteiger partial charge is 0.269 e. The molecule has 0 saturated carbocycles. The zero-order chi connectivity index (χ0) is 19.4. The first-order chi connectivity index (χ1) is 13.0. The molecule has 1 atom stereocenters. The molecule has 0 unspecified atom stereocenters. The Morgan fingerprint density at radius 3 is 2.59 bits per heavy atom. The minimum absolute atomic E-state index is 0.00289. The van der Waals surface area contributed by atoms with Crippen LogP contribution in [0.1, 0.15) is 24.7 Å². The highest BCUT2D eigenvalue weighted by atomic mass is 32.2. The van der Waals surface area contributed by atoms with Crippen molar-refractivity contribution in [3.05, 3.63) is 64.2 Å². The molecule has 7 nitrogen and oxygen atoms in total. The van der Waals surface area contributed by atoms with Crippen molar-refractivity contribution in [2.24, 2.45) is 0 Å². The minimum atomic E-state index is -0.378. The minimum Gasteiger partial charge on any atom is -0.497 e. The molecule has 0 fully saturated rings. The van der Waals surface area contributed by atoms with Crippen molar-refractivity contribution in [3.8, 4) is 17.1 Å². The zero-order valence-electron chi connectivity index (χ0n) is 15.3. The quantitative estimate of drug-likeness (QED) is 0.332. The number of nitrogens with zero attached hydrogens (tertiary/aromatic N) is 4. The van der Waals surface area contributed by atoms with E-state index in [0.29, 0.717) is 0 Å². The normalized spacial score (nSPS) is 12.0. The lowest BCUT2D eigenvalue weighted by atomic mass is 10.1. The molecule has 0 radical (unpaired) electrons. The number of nitro groups is 1. The highest BCUT2D eigenvalue weighted by Gasteiger charge is 2.18. The van der Waals surface area contributed by atoms with Gasteiger partial charge in [-0.05, 0) is 43.7 Å². The van der Waals surface area contributed by atoms with Crippen molar-refractivity contribution in [1.82, 2.24) is 14.8 Å². The van der Waals surface area contributed by atoms with E-state index in [1.807, 2.05) is 48.7 Å². The van der Waals surface area contributed by atoms with Crippen LogP contribution in [0.4, 0.5) is 5.69 Å². The molecule has 0 aliphatic carbocycles. The summed E-state index contributed by atoms with van der Waals surface area (Å²) in [6, 6.07) is 14.4. The monoisotopic (exact) mass is 384 g/mol. The van der Waals surface area contributed by atoms with E-state index >= 15 is 0 Å². The van der Waals surface area contributed by atoms with Crippen LogP contribution in [0.25, 0.3) is 11.4 Å². The summed E-state index contributed by atoms with van der Waals surface area (Å²) in [7, 11) is 1.63. The second kappa shape index (κ2) is 8.22. The Morgan fingerprint density at radius 1 is 1.22 bits per heavy atom. The number of hydrogen-bond acceptors (Lipinski definition) is 6. The molecular weight excluding hydrogens is 364 g/mol. The fourth-order valence-corrected chi connectivity index (χ4v) is 3.76. The maximum Gasteiger partial charge on any atom is 0.269 e. The molecule has 0 amide bonds. The number of benzene rings is 2. The molecule has 140 valence electrons. The Bertz CT molecular complexity index is 940. The number of aromatic nitrogens is 3. The number of thioether (sulfide) groups is 1. The van der Waals surface area contributed by atoms with Crippen LogP contribution < -0.4 is 4.74 Å². The molecule has 0 aliphatic rings. The van der Waals surface area contributed by atoms with E-state index in [1.54, 1.807) is 19.2 Å². The Kier molecular flexibility index (Phi) is 5.75. The molecule has 0 spiro atoms. The van der Waals surface area contributed by atoms with Gasteiger partial charge in [0.1, 0.15) is 5.75 Å². The summed E-state index contributed by atoms with van der Waals surface area (Å²) in [6.45, 7) is 4.77. The molecule has 3 rings (SSSR count). The van der Waals surface area contributed by atoms with Crippen molar-refractivity contribution in [2.45, 2.75) is 30.8 Å². The van der Waals surface area contributed by atoms with Gasteiger partial charge in [0.25, 0.3) is 5.69 Å². The SMILES string of the molecule is CCn1c(S[C@H](C)c2cccc([N+](=O)[O-])c2)nnc1-c1ccc(OC)cc1. The lowest BCUT2D eigenvalue weighted by molar-refractivity contribution is -0.384. The van der Waals surface area contributed by atoms with Gasteiger partial charge in [0.2, 0.25) is 0 Å². The van der Waals surface area contributed by atoms with E-state index in [1.165, 1.54) is 17.8 Å². The van der Waals surface area contributed by atoms with Crippen LogP contribution >= 0.6 is 11.8 Å². The van der Waals surface area contributed by atoms with E-state index in [-0.39, 0.29) is 15.9 Å². The number of non-ortho nitro benzene ring substituents is 1. The molecule has 0 bridgehead atoms. The van der Waals surface area contributed by atoms with Gasteiger partial charge in [-0.15, -0.1) is 10.2 Å². The second-order valence-electron chi connectivity index (χ2n) is 5.89. The van der Waals surface area contributed by atoms with Gasteiger partial charge in [-0.25, -0.2) is 0 Å². The van der Waals surface area contributed by atoms with E-state index in [2.05, 4.69) is 10.2 Å². The average Bonchev–Trinajstić information content (AvgIpc) is 3.10. The van der Waals surface area contributed by atoms with Crippen molar-refractivity contribution in [1.29, 1.82) is 0 Å². The predicted molar refractivity (Wildman–Crippen MR) is 105 cm³/mol. The van der Waals surface area contributed by atoms with Gasteiger partial charge in [-0.2, -0.15) is 0 Å². The third-order valence-corrected chi connectivity index (χ3v) is 5.35. The Hall–Kier alpha value is -2.87. The van der Waals surface area contributed by atoms with E-state index in [4.69, 9.17) is 4.74 Å². The van der Waals surface area contributed by atoms with E-state index in [0.717, 1.165) is 34.4 Å². The van der Waals surface area contributed by atoms with E-state index in [9.17, 15) is 10.1 Å². The van der Waals surface area contributed by atoms with Crippen LogP contribution in [-0.2, 0) is 6.54 Å². The van der Waals surface area contributed by atoms with Gasteiger partial charge in [-0.3, -0.25) is 10.1 Å². The second-order valence-corrected chi connectivity index (χ2v) is 7.20. The molecular formula is C19H20N4O3S. The first-order valence-electron chi connectivity index (χ1n) is 8.52. The molecule has 27 heavy (non-hydrogen) atoms. The molecule has 0 N–H and O–H groups in total. The standard InChI is InChI=1S/C19H20N4O3S/c1-4-22-18(14-8-10-17(26-3)11-9-14)20-21-19(22)27-13(2)15-6-5-7-16(12-15)23(24)25/h5-13H,4H2,1-3H3/t13-/m1/s1. The zero-order valence-corrected chi connectivity index (χ0v) is 16.1. The van der Waals surface area contributed by atoms with Crippen molar-refractivity contribution in [2.75, 3.05) is 7.11 Å². The van der Waals surface area contributed by atoms with Crippen LogP contribution in [0.2, 0.25) is 0 Å². The molecule has 0 aliphatic heterocycles. The van der Waals surface area contributed by atoms with Crippen LogP contribution in [0.15, 0.2) is 53.7 Å². The molecule has 1 heterocycles. The Labute approximate surface area is 161 Å². The van der Waals surface area contributed by atoms with Crippen LogP contribution in [0.3, 0.4) is 0 Å². The number of ether oxygens (including phenoxy) is 1. The molecule has 2 aromatic carbocycles. The van der Waals surface area contributed by atoms with Gasteiger partial charge >= 0.3 is 0 Å². The number of methoxy groups -OCH3 is 1. The molecule has 8 heteroatoms. The van der Waals surface area contributed by atoms with E-state index < -0.39 is 0 Å². The van der Waals surface area contributed by atoms with Crippen molar-refractivity contribution in [3.63, 3.8) is 0 Å². The summed E-state index contributed by atoms with van der Waals surface area (Å²) < 4.78 is 7.24. The number of hydrogen-bond donors (Lipinski definition) is 0. The first-order valence-corrected chi connectivity index (χ1v) is 9.40. The van der Waals surface area contributed by atoms with Gasteiger partial charge in [0.15, 0.2) is 11.0 Å². The van der Waals surface area contributed by atoms with Crippen LogP contribution in [-0.4, -0.2) is 26.8 Å². The summed E-state index contributed by atoms with van der Waals surface area (Å²) in [4.78, 5) is 10.6. The summed E-state index contributed by atoms with van der Waals surface area (Å²) in [5, 5.41) is 20.5. The van der Waals surface area contributed by atoms with Gasteiger partial charge in [0.05, 0.1) is 12.0 Å². The van der Waals surface area contributed by atoms with Gasteiger partial charge < -0.3 is 9.30 Å². The summed E-state index contributed by atoms with van der Waals surface area (Å²) in [5.74, 6) is 1.57. The topological polar surface area (TPSA) is 83.1 Å². The van der Waals surface area contributed by atoms with Gasteiger partial charge in [0, 0.05) is 29.5 Å². The van der Waals surface area contributed by atoms with Gasteiger partial charge in [-0.1, -0.05) is 23.9 Å². The maximum absolute atomic E-state index is 11.0. The predicted octanol–water partition coefficient (Wildman–Crippen LogP) is 4.74. The fourth-order valence-electron chi connectivity index (χ4n) is 2.73. The first kappa shape index (κ1) is 18.9. The number of rotatable bonds is 7. The summed E-state index contributed by atoms with van der Waals surface area (Å²) in [5.41, 5.74) is 1.93. The Morgan fingerprint density at radius 2 is 1.96 bits per heavy atom. The Balaban J connectivity index is 1.86. The third-order valence-electron chi connectivity index (χ3n) is 4.21. The lowest BCUT2D eigenvalue weighted by Gasteiger charge is -2.12. The summed E-state index contributed by atoms with van der Waals surface area (Å²) >= 11 is 1.53. The molecule has 1 aromatic heterocycles. The van der Waals surface area contributed by atoms with Crippen LogP contribution in [0.5, 0.6) is 5.75 Å². The number of nitro benzene ring substituents is 1. The lowest BCUT2D eigenvalue weighted by Crippen LogP contribution is -2.01. The highest BCUT2D eigenvalue weighted by molar-refractivity contribution is 7.99. The van der Waals surface area contributed by atoms with Crippen LogP contribution in [0, 0.1) is 10.1 Å². The van der Waals surface area contributed by atoms with Crippen molar-refractivity contribution < 1.29 is 9.66 Å². The maximum atomic E-state index is 11.0. The molecule has 0 saturated heterocycles. The summed E-state index contributed by atoms with van der Waals surface area (Å²) in [6.07, 6.45) is 0. The average molecular weight is 384 g/mol. The molecule has 3 aromatic rings. The van der Waals surface area contributed by atoms with Crippen molar-refractivity contribution >= 4 is 17.4 Å².